The van der Waals surface area contributed by atoms with Gasteiger partial charge in [-0.05, 0) is 56.9 Å². The SMILES string of the molecule is Cc1ccc(-c2cc(C(=O)OCC(=O)N[C@](C)(C#N)C3CC3)c3ccccc3n2)o1. The van der Waals surface area contributed by atoms with Gasteiger partial charge in [-0.2, -0.15) is 5.26 Å². The van der Waals surface area contributed by atoms with Crippen LogP contribution in [-0.4, -0.2) is 29.0 Å². The monoisotopic (exact) mass is 403 g/mol. The molecule has 30 heavy (non-hydrogen) atoms. The number of furan rings is 1. The number of nitrogens with one attached hydrogen (secondary N) is 1. The van der Waals surface area contributed by atoms with Crippen molar-refractivity contribution in [1.29, 1.82) is 5.26 Å². The first-order valence-electron chi connectivity index (χ1n) is 9.75. The number of fused-ring (bicyclic) bond motifs is 1. The molecule has 1 aromatic carbocycles. The van der Waals surface area contributed by atoms with Crippen molar-refractivity contribution in [2.45, 2.75) is 32.2 Å². The highest BCUT2D eigenvalue weighted by atomic mass is 16.5. The second kappa shape index (κ2) is 7.64. The van der Waals surface area contributed by atoms with Crippen LogP contribution in [0.15, 0.2) is 46.9 Å². The second-order valence-corrected chi connectivity index (χ2v) is 7.70. The van der Waals surface area contributed by atoms with E-state index < -0.39 is 24.0 Å². The van der Waals surface area contributed by atoms with Crippen LogP contribution in [-0.2, 0) is 9.53 Å². The lowest BCUT2D eigenvalue weighted by atomic mass is 9.98. The van der Waals surface area contributed by atoms with Crippen LogP contribution < -0.4 is 5.32 Å². The summed E-state index contributed by atoms with van der Waals surface area (Å²) >= 11 is 0. The molecule has 2 aromatic heterocycles. The Kier molecular flexibility index (Phi) is 5.00. The Labute approximate surface area is 173 Å². The first kappa shape index (κ1) is 19.6. The average molecular weight is 403 g/mol. The molecular weight excluding hydrogens is 382 g/mol. The fourth-order valence-corrected chi connectivity index (χ4v) is 3.46. The molecule has 0 radical (unpaired) electrons. The molecule has 1 fully saturated rings. The Morgan fingerprint density at radius 2 is 2.07 bits per heavy atom. The van der Waals surface area contributed by atoms with Gasteiger partial charge in [0, 0.05) is 5.39 Å². The van der Waals surface area contributed by atoms with Crippen molar-refractivity contribution >= 4 is 22.8 Å². The van der Waals surface area contributed by atoms with Crippen molar-refractivity contribution in [3.63, 3.8) is 0 Å². The van der Waals surface area contributed by atoms with Gasteiger partial charge in [0.25, 0.3) is 5.91 Å². The molecule has 1 N–H and O–H groups in total. The summed E-state index contributed by atoms with van der Waals surface area (Å²) < 4.78 is 10.9. The fourth-order valence-electron chi connectivity index (χ4n) is 3.46. The van der Waals surface area contributed by atoms with Crippen LogP contribution in [0.3, 0.4) is 0 Å². The Balaban J connectivity index is 1.55. The Bertz CT molecular complexity index is 1170. The van der Waals surface area contributed by atoms with Gasteiger partial charge in [-0.3, -0.25) is 4.79 Å². The first-order chi connectivity index (χ1) is 14.4. The number of aromatic nitrogens is 1. The van der Waals surface area contributed by atoms with Gasteiger partial charge in [0.1, 0.15) is 17.0 Å². The van der Waals surface area contributed by atoms with Gasteiger partial charge in [-0.15, -0.1) is 0 Å². The molecule has 0 aliphatic heterocycles. The quantitative estimate of drug-likeness (QED) is 0.628. The maximum Gasteiger partial charge on any atom is 0.339 e. The topological polar surface area (TPSA) is 105 Å². The lowest BCUT2D eigenvalue weighted by Crippen LogP contribution is -2.48. The van der Waals surface area contributed by atoms with Crippen molar-refractivity contribution < 1.29 is 18.7 Å². The third kappa shape index (κ3) is 3.90. The molecular formula is C23H21N3O4. The zero-order valence-corrected chi connectivity index (χ0v) is 16.8. The number of hydrogen-bond acceptors (Lipinski definition) is 6. The second-order valence-electron chi connectivity index (χ2n) is 7.70. The normalized spacial score (nSPS) is 15.2. The van der Waals surface area contributed by atoms with E-state index in [9.17, 15) is 14.9 Å². The number of carbonyl (C=O) groups is 2. The summed E-state index contributed by atoms with van der Waals surface area (Å²) in [5.74, 6) is 0.278. The van der Waals surface area contributed by atoms with E-state index in [1.54, 1.807) is 37.3 Å². The summed E-state index contributed by atoms with van der Waals surface area (Å²) in [5.41, 5.74) is 0.481. The van der Waals surface area contributed by atoms with Crippen molar-refractivity contribution in [2.75, 3.05) is 6.61 Å². The highest BCUT2D eigenvalue weighted by Crippen LogP contribution is 2.39. The fraction of sp³-hybridized carbons (Fsp3) is 0.304. The van der Waals surface area contributed by atoms with Crippen molar-refractivity contribution in [3.8, 4) is 17.5 Å². The standard InChI is InChI=1S/C23H21N3O4/c1-14-7-10-20(30-14)19-11-17(16-5-3-4-6-18(16)25-19)22(28)29-12-21(27)26-23(2,13-24)15-8-9-15/h3-7,10-11,15H,8-9,12H2,1-2H3,(H,26,27)/t23-/m1/s1. The van der Waals surface area contributed by atoms with Crippen LogP contribution in [0.2, 0.25) is 0 Å². The van der Waals surface area contributed by atoms with E-state index in [0.29, 0.717) is 27.9 Å². The van der Waals surface area contributed by atoms with Gasteiger partial charge in [-0.1, -0.05) is 18.2 Å². The molecule has 1 amide bonds. The summed E-state index contributed by atoms with van der Waals surface area (Å²) in [6.07, 6.45) is 1.81. The minimum absolute atomic E-state index is 0.144. The molecule has 0 bridgehead atoms. The summed E-state index contributed by atoms with van der Waals surface area (Å²) in [6, 6.07) is 14.6. The molecule has 1 atom stereocenters. The number of benzene rings is 1. The van der Waals surface area contributed by atoms with E-state index >= 15 is 0 Å². The molecule has 2 heterocycles. The molecule has 4 rings (SSSR count). The highest BCUT2D eigenvalue weighted by Gasteiger charge is 2.43. The number of carbonyl (C=O) groups excluding carboxylic acids is 2. The number of hydrogen-bond donors (Lipinski definition) is 1. The number of para-hydroxylation sites is 1. The number of ether oxygens (including phenoxy) is 1. The van der Waals surface area contributed by atoms with Gasteiger partial charge in [-0.25, -0.2) is 9.78 Å². The van der Waals surface area contributed by atoms with Gasteiger partial charge < -0.3 is 14.5 Å². The molecule has 7 heteroatoms. The Hall–Kier alpha value is -3.66. The van der Waals surface area contributed by atoms with Crippen molar-refractivity contribution in [2.24, 2.45) is 5.92 Å². The molecule has 1 aliphatic rings. The molecule has 0 saturated heterocycles. The van der Waals surface area contributed by atoms with Gasteiger partial charge in [0.15, 0.2) is 12.4 Å². The zero-order valence-electron chi connectivity index (χ0n) is 16.8. The minimum Gasteiger partial charge on any atom is -0.460 e. The third-order valence-corrected chi connectivity index (χ3v) is 5.29. The zero-order chi connectivity index (χ0) is 21.3. The minimum atomic E-state index is -0.933. The van der Waals surface area contributed by atoms with Crippen molar-refractivity contribution in [3.05, 3.63) is 53.8 Å². The maximum atomic E-state index is 12.8. The first-order valence-corrected chi connectivity index (χ1v) is 9.75. The third-order valence-electron chi connectivity index (χ3n) is 5.29. The van der Waals surface area contributed by atoms with Crippen LogP contribution in [0.4, 0.5) is 0 Å². The molecule has 1 aliphatic carbocycles. The number of esters is 1. The Morgan fingerprint density at radius 3 is 2.73 bits per heavy atom. The predicted molar refractivity (Wildman–Crippen MR) is 109 cm³/mol. The summed E-state index contributed by atoms with van der Waals surface area (Å²) in [7, 11) is 0. The molecule has 0 unspecified atom stereocenters. The van der Waals surface area contributed by atoms with Crippen LogP contribution in [0.1, 0.15) is 35.9 Å². The van der Waals surface area contributed by atoms with Gasteiger partial charge >= 0.3 is 5.97 Å². The average Bonchev–Trinajstić information content (AvgIpc) is 3.52. The Morgan fingerprint density at radius 1 is 1.30 bits per heavy atom. The van der Waals surface area contributed by atoms with E-state index in [-0.39, 0.29) is 5.92 Å². The number of amides is 1. The van der Waals surface area contributed by atoms with E-state index in [1.165, 1.54) is 0 Å². The molecule has 0 spiro atoms. The number of pyridine rings is 1. The largest absolute Gasteiger partial charge is 0.460 e. The van der Waals surface area contributed by atoms with Crippen LogP contribution in [0.25, 0.3) is 22.4 Å². The number of rotatable bonds is 6. The smallest absolute Gasteiger partial charge is 0.339 e. The van der Waals surface area contributed by atoms with E-state index in [2.05, 4.69) is 16.4 Å². The van der Waals surface area contributed by atoms with Crippen LogP contribution in [0, 0.1) is 24.2 Å². The molecule has 152 valence electrons. The molecule has 3 aromatic rings. The summed E-state index contributed by atoms with van der Waals surface area (Å²) in [6.45, 7) is 3.06. The summed E-state index contributed by atoms with van der Waals surface area (Å²) in [4.78, 5) is 29.6. The molecule has 7 nitrogen and oxygen atoms in total. The van der Waals surface area contributed by atoms with Crippen LogP contribution in [0.5, 0.6) is 0 Å². The van der Waals surface area contributed by atoms with E-state index in [0.717, 1.165) is 18.6 Å². The lowest BCUT2D eigenvalue weighted by molar-refractivity contribution is -0.125. The summed E-state index contributed by atoms with van der Waals surface area (Å²) in [5, 5.41) is 12.7. The number of nitrogens with zero attached hydrogens (tertiary/aromatic N) is 2. The lowest BCUT2D eigenvalue weighted by Gasteiger charge is -2.22. The number of nitriles is 1. The van der Waals surface area contributed by atoms with Crippen molar-refractivity contribution in [1.82, 2.24) is 10.3 Å². The van der Waals surface area contributed by atoms with Gasteiger partial charge in [0.2, 0.25) is 0 Å². The van der Waals surface area contributed by atoms with E-state index in [4.69, 9.17) is 9.15 Å². The predicted octanol–water partition coefficient (Wildman–Crippen LogP) is 3.77. The molecule has 1 saturated carbocycles. The van der Waals surface area contributed by atoms with Crippen LogP contribution >= 0.6 is 0 Å². The number of aryl methyl sites for hydroxylation is 1. The van der Waals surface area contributed by atoms with E-state index in [1.807, 2.05) is 19.1 Å². The maximum absolute atomic E-state index is 12.8. The van der Waals surface area contributed by atoms with Gasteiger partial charge in [0.05, 0.1) is 17.1 Å². The highest BCUT2D eigenvalue weighted by molar-refractivity contribution is 6.05.